The topological polar surface area (TPSA) is 74.4 Å². The fourth-order valence-electron chi connectivity index (χ4n) is 3.80. The van der Waals surface area contributed by atoms with E-state index in [0.29, 0.717) is 34.1 Å². The Hall–Kier alpha value is -3.00. The molecule has 0 spiro atoms. The van der Waals surface area contributed by atoms with E-state index < -0.39 is 6.43 Å². The van der Waals surface area contributed by atoms with E-state index >= 15 is 0 Å². The van der Waals surface area contributed by atoms with Gasteiger partial charge in [0.2, 0.25) is 5.65 Å². The van der Waals surface area contributed by atoms with Crippen LogP contribution in [0.1, 0.15) is 37.3 Å². The SMILES string of the molecule is CCN1CCC/C(=C\Nc2nc3nc(-c4c(C)cc(C(F)F)cc4O)ccc3o2)C1. The molecule has 0 atom stereocenters. The summed E-state index contributed by atoms with van der Waals surface area (Å²) in [4.78, 5) is 11.2. The Balaban J connectivity index is 1.59. The highest BCUT2D eigenvalue weighted by Crippen LogP contribution is 2.36. The van der Waals surface area contributed by atoms with E-state index in [1.165, 1.54) is 11.6 Å². The second kappa shape index (κ2) is 8.39. The zero-order chi connectivity index (χ0) is 21.3. The lowest BCUT2D eigenvalue weighted by Gasteiger charge is -2.27. The number of phenols is 1. The van der Waals surface area contributed by atoms with Gasteiger partial charge in [-0.3, -0.25) is 4.90 Å². The van der Waals surface area contributed by atoms with Crippen LogP contribution in [0.25, 0.3) is 22.5 Å². The summed E-state index contributed by atoms with van der Waals surface area (Å²) in [5.74, 6) is -0.235. The van der Waals surface area contributed by atoms with Crippen molar-refractivity contribution < 1.29 is 18.3 Å². The Morgan fingerprint density at radius 3 is 2.87 bits per heavy atom. The van der Waals surface area contributed by atoms with Crippen LogP contribution >= 0.6 is 0 Å². The maximum atomic E-state index is 13.0. The van der Waals surface area contributed by atoms with Crippen molar-refractivity contribution in [2.45, 2.75) is 33.1 Å². The minimum absolute atomic E-state index is 0.222. The molecule has 0 aliphatic carbocycles. The number of aromatic nitrogens is 2. The van der Waals surface area contributed by atoms with Crippen LogP contribution in [0, 0.1) is 6.92 Å². The molecule has 4 rings (SSSR count). The summed E-state index contributed by atoms with van der Waals surface area (Å²) in [6, 6.07) is 6.16. The number of halogens is 2. The number of fused-ring (bicyclic) bond motifs is 1. The van der Waals surface area contributed by atoms with Gasteiger partial charge in [0.05, 0.1) is 5.69 Å². The molecule has 3 aromatic rings. The van der Waals surface area contributed by atoms with Crippen LogP contribution in [0.15, 0.2) is 40.5 Å². The maximum absolute atomic E-state index is 13.0. The van der Waals surface area contributed by atoms with Crippen LogP contribution in [-0.4, -0.2) is 39.6 Å². The molecular weight excluding hydrogens is 390 g/mol. The number of nitrogens with zero attached hydrogens (tertiary/aromatic N) is 3. The van der Waals surface area contributed by atoms with Gasteiger partial charge in [0, 0.05) is 23.9 Å². The van der Waals surface area contributed by atoms with Crippen LogP contribution in [0.5, 0.6) is 5.75 Å². The molecule has 8 heteroatoms. The third kappa shape index (κ3) is 4.14. The summed E-state index contributed by atoms with van der Waals surface area (Å²) in [7, 11) is 0. The Bertz CT molecular complexity index is 1070. The largest absolute Gasteiger partial charge is 0.507 e. The molecule has 1 aliphatic rings. The van der Waals surface area contributed by atoms with Crippen molar-refractivity contribution in [1.82, 2.24) is 14.9 Å². The number of alkyl halides is 2. The first-order valence-electron chi connectivity index (χ1n) is 10.0. The molecule has 158 valence electrons. The van der Waals surface area contributed by atoms with Gasteiger partial charge in [0.1, 0.15) is 5.75 Å². The number of aromatic hydroxyl groups is 1. The van der Waals surface area contributed by atoms with Crippen molar-refractivity contribution in [3.05, 3.63) is 47.2 Å². The number of rotatable bonds is 5. The van der Waals surface area contributed by atoms with Gasteiger partial charge in [-0.25, -0.2) is 13.8 Å². The molecule has 6 nitrogen and oxygen atoms in total. The summed E-state index contributed by atoms with van der Waals surface area (Å²) < 4.78 is 31.6. The van der Waals surface area contributed by atoms with Crippen molar-refractivity contribution in [2.24, 2.45) is 0 Å². The molecule has 0 radical (unpaired) electrons. The number of hydrogen-bond donors (Lipinski definition) is 2. The highest BCUT2D eigenvalue weighted by molar-refractivity contribution is 5.78. The molecule has 3 heterocycles. The molecule has 1 fully saturated rings. The van der Waals surface area contributed by atoms with Gasteiger partial charge in [0.25, 0.3) is 6.43 Å². The van der Waals surface area contributed by atoms with Gasteiger partial charge in [-0.2, -0.15) is 4.98 Å². The molecule has 1 saturated heterocycles. The van der Waals surface area contributed by atoms with Gasteiger partial charge in [0.15, 0.2) is 5.58 Å². The third-order valence-corrected chi connectivity index (χ3v) is 5.34. The second-order valence-corrected chi connectivity index (χ2v) is 7.49. The molecule has 0 unspecified atom stereocenters. The number of pyridine rings is 1. The normalized spacial score (nSPS) is 16.6. The molecule has 0 bridgehead atoms. The average Bonchev–Trinajstić information content (AvgIpc) is 3.14. The second-order valence-electron chi connectivity index (χ2n) is 7.49. The highest BCUT2D eigenvalue weighted by atomic mass is 19.3. The fraction of sp³-hybridized carbons (Fsp3) is 0.364. The zero-order valence-electron chi connectivity index (χ0n) is 17.0. The lowest BCUT2D eigenvalue weighted by atomic mass is 10.0. The number of hydrogen-bond acceptors (Lipinski definition) is 6. The Labute approximate surface area is 173 Å². The Kier molecular flexibility index (Phi) is 5.67. The quantitative estimate of drug-likeness (QED) is 0.594. The van der Waals surface area contributed by atoms with Crippen molar-refractivity contribution >= 4 is 17.2 Å². The summed E-state index contributed by atoms with van der Waals surface area (Å²) in [6.45, 7) is 6.89. The lowest BCUT2D eigenvalue weighted by molar-refractivity contribution is 0.151. The molecule has 1 aromatic carbocycles. The minimum Gasteiger partial charge on any atom is -0.507 e. The van der Waals surface area contributed by atoms with Gasteiger partial charge >= 0.3 is 6.01 Å². The number of likely N-dealkylation sites (N-methyl/N-ethyl adjacent to an activating group) is 1. The minimum atomic E-state index is -2.65. The average molecular weight is 414 g/mol. The van der Waals surface area contributed by atoms with Gasteiger partial charge in [-0.05, 0) is 68.3 Å². The van der Waals surface area contributed by atoms with Crippen molar-refractivity contribution in [2.75, 3.05) is 25.0 Å². The fourth-order valence-corrected chi connectivity index (χ4v) is 3.80. The van der Waals surface area contributed by atoms with E-state index in [-0.39, 0.29) is 11.3 Å². The number of aryl methyl sites for hydroxylation is 1. The van der Waals surface area contributed by atoms with Crippen LogP contribution in [0.4, 0.5) is 14.8 Å². The predicted molar refractivity (Wildman–Crippen MR) is 112 cm³/mol. The number of phenolic OH excluding ortho intramolecular Hbond substituents is 1. The first-order chi connectivity index (χ1) is 14.4. The Morgan fingerprint density at radius 2 is 2.13 bits per heavy atom. The summed E-state index contributed by atoms with van der Waals surface area (Å²) in [6.07, 6.45) is 1.46. The van der Waals surface area contributed by atoms with Crippen LogP contribution in [-0.2, 0) is 0 Å². The number of benzene rings is 1. The third-order valence-electron chi connectivity index (χ3n) is 5.34. The van der Waals surface area contributed by atoms with Crippen LogP contribution in [0.3, 0.4) is 0 Å². The van der Waals surface area contributed by atoms with Crippen molar-refractivity contribution in [1.29, 1.82) is 0 Å². The van der Waals surface area contributed by atoms with E-state index in [4.69, 9.17) is 4.42 Å². The van der Waals surface area contributed by atoms with Gasteiger partial charge in [-0.1, -0.05) is 6.92 Å². The summed E-state index contributed by atoms with van der Waals surface area (Å²) in [5.41, 5.74) is 3.31. The van der Waals surface area contributed by atoms with Gasteiger partial charge in [-0.15, -0.1) is 0 Å². The monoisotopic (exact) mass is 414 g/mol. The first-order valence-corrected chi connectivity index (χ1v) is 10.0. The molecule has 0 amide bonds. The molecule has 1 aliphatic heterocycles. The van der Waals surface area contributed by atoms with E-state index in [1.807, 2.05) is 6.20 Å². The molecular formula is C22H24F2N4O2. The van der Waals surface area contributed by atoms with Crippen molar-refractivity contribution in [3.63, 3.8) is 0 Å². The smallest absolute Gasteiger partial charge is 0.301 e. The van der Waals surface area contributed by atoms with Crippen LogP contribution in [0.2, 0.25) is 0 Å². The number of likely N-dealkylation sites (tertiary alicyclic amines) is 1. The van der Waals surface area contributed by atoms with Crippen molar-refractivity contribution in [3.8, 4) is 17.0 Å². The van der Waals surface area contributed by atoms with Gasteiger partial charge < -0.3 is 14.8 Å². The molecule has 0 saturated carbocycles. The highest BCUT2D eigenvalue weighted by Gasteiger charge is 2.17. The lowest BCUT2D eigenvalue weighted by Crippen LogP contribution is -2.31. The Morgan fingerprint density at radius 1 is 1.30 bits per heavy atom. The first kappa shape index (κ1) is 20.3. The van der Waals surface area contributed by atoms with E-state index in [9.17, 15) is 13.9 Å². The summed E-state index contributed by atoms with van der Waals surface area (Å²) in [5, 5.41) is 13.4. The van der Waals surface area contributed by atoms with E-state index in [2.05, 4.69) is 27.1 Å². The number of nitrogens with one attached hydrogen (secondary N) is 1. The number of anilines is 1. The van der Waals surface area contributed by atoms with Crippen LogP contribution < -0.4 is 5.32 Å². The summed E-state index contributed by atoms with van der Waals surface area (Å²) >= 11 is 0. The predicted octanol–water partition coefficient (Wildman–Crippen LogP) is 5.25. The number of piperidine rings is 1. The zero-order valence-corrected chi connectivity index (χ0v) is 17.0. The molecule has 2 N–H and O–H groups in total. The van der Waals surface area contributed by atoms with E-state index in [1.54, 1.807) is 19.1 Å². The standard InChI is InChI=1S/C22H24F2N4O2/c1-3-28-8-4-5-14(12-28)11-25-22-27-21-18(30-22)7-6-16(26-21)19-13(2)9-15(20(23)24)10-17(19)29/h6-7,9-11,20,29H,3-5,8,12H2,1-2H3,(H,25,26,27)/b14-11+. The molecule has 30 heavy (non-hydrogen) atoms. The number of oxazole rings is 1. The molecule has 2 aromatic heterocycles. The van der Waals surface area contributed by atoms with E-state index in [0.717, 1.165) is 38.5 Å². The maximum Gasteiger partial charge on any atom is 0.301 e.